The average molecular weight is 152 g/mol. The third-order valence-electron chi connectivity index (χ3n) is 1.05. The van der Waals surface area contributed by atoms with Gasteiger partial charge in [0.05, 0.1) is 6.07 Å². The quantitative estimate of drug-likeness (QED) is 0.613. The van der Waals surface area contributed by atoms with Gasteiger partial charge in [-0.05, 0) is 13.8 Å². The van der Waals surface area contributed by atoms with E-state index in [1.165, 1.54) is 0 Å². The van der Waals surface area contributed by atoms with Crippen molar-refractivity contribution >= 4 is 5.91 Å². The van der Waals surface area contributed by atoms with E-state index in [4.69, 9.17) is 5.26 Å². The minimum Gasteiger partial charge on any atom is -0.352 e. The van der Waals surface area contributed by atoms with Crippen molar-refractivity contribution in [1.29, 1.82) is 5.26 Å². The Labute approximate surface area is 66.7 Å². The van der Waals surface area contributed by atoms with Crippen molar-refractivity contribution in [1.82, 2.24) is 5.32 Å². The lowest BCUT2D eigenvalue weighted by Gasteiger charge is -1.96. The molecule has 0 atom stereocenters. The van der Waals surface area contributed by atoms with Crippen molar-refractivity contribution in [2.75, 3.05) is 6.54 Å². The van der Waals surface area contributed by atoms with Gasteiger partial charge in [-0.15, -0.1) is 0 Å². The first-order valence-corrected chi connectivity index (χ1v) is 3.44. The van der Waals surface area contributed by atoms with Crippen LogP contribution in [0.4, 0.5) is 0 Å². The van der Waals surface area contributed by atoms with Gasteiger partial charge < -0.3 is 5.32 Å². The molecular weight excluding hydrogens is 140 g/mol. The molecule has 3 nitrogen and oxygen atoms in total. The second kappa shape index (κ2) is 5.48. The van der Waals surface area contributed by atoms with Gasteiger partial charge in [-0.2, -0.15) is 5.26 Å². The molecule has 3 heteroatoms. The van der Waals surface area contributed by atoms with Gasteiger partial charge in [0.25, 0.3) is 0 Å². The van der Waals surface area contributed by atoms with Crippen LogP contribution in [-0.2, 0) is 4.79 Å². The zero-order chi connectivity index (χ0) is 8.69. The predicted molar refractivity (Wildman–Crippen MR) is 42.7 cm³/mol. The van der Waals surface area contributed by atoms with Gasteiger partial charge in [-0.1, -0.05) is 11.6 Å². The molecule has 0 rings (SSSR count). The number of hydrogen-bond donors (Lipinski definition) is 1. The summed E-state index contributed by atoms with van der Waals surface area (Å²) in [5.74, 6) is -0.218. The van der Waals surface area contributed by atoms with Gasteiger partial charge in [0.1, 0.15) is 6.42 Å². The number of nitrogens with one attached hydrogen (secondary N) is 1. The second-order valence-electron chi connectivity index (χ2n) is 2.42. The number of nitriles is 1. The number of allylic oxidation sites excluding steroid dienone is 1. The van der Waals surface area contributed by atoms with E-state index in [1.807, 2.05) is 19.9 Å². The molecule has 0 aromatic heterocycles. The van der Waals surface area contributed by atoms with E-state index in [-0.39, 0.29) is 12.3 Å². The Morgan fingerprint density at radius 3 is 2.73 bits per heavy atom. The van der Waals surface area contributed by atoms with E-state index >= 15 is 0 Å². The fourth-order valence-electron chi connectivity index (χ4n) is 0.503. The Morgan fingerprint density at radius 2 is 2.27 bits per heavy atom. The largest absolute Gasteiger partial charge is 0.352 e. The molecule has 0 aliphatic heterocycles. The number of amides is 1. The number of carbonyl (C=O) groups excluding carboxylic acids is 1. The molecule has 0 heterocycles. The summed E-state index contributed by atoms with van der Waals surface area (Å²) in [5, 5.41) is 10.7. The molecule has 0 saturated carbocycles. The summed E-state index contributed by atoms with van der Waals surface area (Å²) in [5.41, 5.74) is 1.15. The van der Waals surface area contributed by atoms with Crippen LogP contribution in [0.25, 0.3) is 0 Å². The molecule has 0 aromatic carbocycles. The SMILES string of the molecule is CC(C)=CCNC(=O)CC#N. The molecule has 0 bridgehead atoms. The highest BCUT2D eigenvalue weighted by atomic mass is 16.1. The molecule has 0 aliphatic carbocycles. The number of hydrogen-bond acceptors (Lipinski definition) is 2. The molecule has 0 spiro atoms. The first-order valence-electron chi connectivity index (χ1n) is 3.44. The molecule has 0 aliphatic rings. The van der Waals surface area contributed by atoms with Crippen molar-refractivity contribution in [2.45, 2.75) is 20.3 Å². The fourth-order valence-corrected chi connectivity index (χ4v) is 0.503. The summed E-state index contributed by atoms with van der Waals surface area (Å²) < 4.78 is 0. The molecule has 11 heavy (non-hydrogen) atoms. The molecule has 0 radical (unpaired) electrons. The van der Waals surface area contributed by atoms with Gasteiger partial charge in [-0.25, -0.2) is 0 Å². The standard InChI is InChI=1S/C8H12N2O/c1-7(2)4-6-10-8(11)3-5-9/h4H,3,6H2,1-2H3,(H,10,11). The van der Waals surface area contributed by atoms with Crippen molar-refractivity contribution < 1.29 is 4.79 Å². The van der Waals surface area contributed by atoms with E-state index in [0.29, 0.717) is 6.54 Å². The maximum atomic E-state index is 10.7. The third-order valence-corrected chi connectivity index (χ3v) is 1.05. The lowest BCUT2D eigenvalue weighted by molar-refractivity contribution is -0.119. The zero-order valence-corrected chi connectivity index (χ0v) is 6.85. The minimum atomic E-state index is -0.218. The van der Waals surface area contributed by atoms with Gasteiger partial charge in [0, 0.05) is 6.54 Å². The normalized spacial score (nSPS) is 8.09. The summed E-state index contributed by atoms with van der Waals surface area (Å²) in [6, 6.07) is 1.77. The van der Waals surface area contributed by atoms with Crippen LogP contribution in [0.5, 0.6) is 0 Å². The summed E-state index contributed by atoms with van der Waals surface area (Å²) in [7, 11) is 0. The summed E-state index contributed by atoms with van der Waals surface area (Å²) >= 11 is 0. The molecule has 1 N–H and O–H groups in total. The first-order chi connectivity index (χ1) is 5.16. The van der Waals surface area contributed by atoms with Crippen LogP contribution in [0, 0.1) is 11.3 Å². The van der Waals surface area contributed by atoms with Crippen LogP contribution in [-0.4, -0.2) is 12.5 Å². The highest BCUT2D eigenvalue weighted by Crippen LogP contribution is 1.85. The van der Waals surface area contributed by atoms with Gasteiger partial charge in [-0.3, -0.25) is 4.79 Å². The van der Waals surface area contributed by atoms with Crippen molar-refractivity contribution in [2.24, 2.45) is 0 Å². The Hall–Kier alpha value is -1.30. The van der Waals surface area contributed by atoms with Gasteiger partial charge in [0.15, 0.2) is 0 Å². The Kier molecular flexibility index (Phi) is 4.83. The Bertz CT molecular complexity index is 197. The maximum absolute atomic E-state index is 10.7. The topological polar surface area (TPSA) is 52.9 Å². The molecule has 0 aromatic rings. The maximum Gasteiger partial charge on any atom is 0.234 e. The van der Waals surface area contributed by atoms with E-state index in [9.17, 15) is 4.79 Å². The van der Waals surface area contributed by atoms with Crippen molar-refractivity contribution in [3.05, 3.63) is 11.6 Å². The predicted octanol–water partition coefficient (Wildman–Crippen LogP) is 0.982. The average Bonchev–Trinajstić information content (AvgIpc) is 1.87. The van der Waals surface area contributed by atoms with Crippen LogP contribution >= 0.6 is 0 Å². The van der Waals surface area contributed by atoms with E-state index < -0.39 is 0 Å². The van der Waals surface area contributed by atoms with Crippen LogP contribution in [0.15, 0.2) is 11.6 Å². The molecule has 0 fully saturated rings. The van der Waals surface area contributed by atoms with Crippen LogP contribution in [0.3, 0.4) is 0 Å². The summed E-state index contributed by atoms with van der Waals surface area (Å²) in [4.78, 5) is 10.7. The lowest BCUT2D eigenvalue weighted by Crippen LogP contribution is -2.22. The highest BCUT2D eigenvalue weighted by Gasteiger charge is 1.94. The van der Waals surface area contributed by atoms with E-state index in [2.05, 4.69) is 5.32 Å². The van der Waals surface area contributed by atoms with Crippen LogP contribution in [0.2, 0.25) is 0 Å². The first kappa shape index (κ1) is 9.70. The van der Waals surface area contributed by atoms with Crippen LogP contribution in [0.1, 0.15) is 20.3 Å². The molecule has 0 unspecified atom stereocenters. The van der Waals surface area contributed by atoms with Gasteiger partial charge in [0.2, 0.25) is 5.91 Å². The highest BCUT2D eigenvalue weighted by molar-refractivity contribution is 5.78. The van der Waals surface area contributed by atoms with Crippen molar-refractivity contribution in [3.63, 3.8) is 0 Å². The number of nitrogens with zero attached hydrogens (tertiary/aromatic N) is 1. The third kappa shape index (κ3) is 6.59. The monoisotopic (exact) mass is 152 g/mol. The van der Waals surface area contributed by atoms with E-state index in [1.54, 1.807) is 6.07 Å². The Morgan fingerprint density at radius 1 is 1.64 bits per heavy atom. The molecule has 0 saturated heterocycles. The molecule has 60 valence electrons. The molecular formula is C8H12N2O. The summed E-state index contributed by atoms with van der Waals surface area (Å²) in [6.45, 7) is 4.43. The Balaban J connectivity index is 3.49. The summed E-state index contributed by atoms with van der Waals surface area (Å²) in [6.07, 6.45) is 1.84. The zero-order valence-electron chi connectivity index (χ0n) is 6.85. The minimum absolute atomic E-state index is 0.0589. The number of rotatable bonds is 3. The van der Waals surface area contributed by atoms with E-state index in [0.717, 1.165) is 5.57 Å². The smallest absolute Gasteiger partial charge is 0.234 e. The lowest BCUT2D eigenvalue weighted by atomic mass is 10.3. The fraction of sp³-hybridized carbons (Fsp3) is 0.500. The second-order valence-corrected chi connectivity index (χ2v) is 2.42. The molecule has 1 amide bonds. The number of carbonyl (C=O) groups is 1. The van der Waals surface area contributed by atoms with Gasteiger partial charge >= 0.3 is 0 Å². The van der Waals surface area contributed by atoms with Crippen molar-refractivity contribution in [3.8, 4) is 6.07 Å². The van der Waals surface area contributed by atoms with Crippen LogP contribution < -0.4 is 5.32 Å².